The second kappa shape index (κ2) is 8.54. The zero-order chi connectivity index (χ0) is 17.6. The maximum atomic E-state index is 6.60. The minimum atomic E-state index is -0.131. The molecule has 5 nitrogen and oxygen atoms in total. The molecule has 0 amide bonds. The van der Waals surface area contributed by atoms with Crippen molar-refractivity contribution in [3.63, 3.8) is 0 Å². The average Bonchev–Trinajstić information content (AvgIpc) is 2.74. The van der Waals surface area contributed by atoms with Crippen molar-refractivity contribution in [1.82, 2.24) is 10.6 Å². The van der Waals surface area contributed by atoms with Gasteiger partial charge < -0.3 is 25.0 Å². The number of nitrogens with one attached hydrogen (secondary N) is 2. The number of morpholine rings is 1. The standard InChI is InChI=1S/C21H27N3O2/c1-2-6-17(7-3-1)21(20-16-23-12-15-25-20)26-19-9-5-4-8-18(19)24-13-10-22-11-14-24/h1-9,20-23H,10-16H2. The van der Waals surface area contributed by atoms with Crippen LogP contribution < -0.4 is 20.3 Å². The van der Waals surface area contributed by atoms with Crippen molar-refractivity contribution >= 4 is 5.69 Å². The molecule has 5 heteroatoms. The SMILES string of the molecule is c1ccc(C(Oc2ccccc2N2CCNCC2)C2CNCCO2)cc1. The van der Waals surface area contributed by atoms with Gasteiger partial charge in [-0.05, 0) is 17.7 Å². The van der Waals surface area contributed by atoms with E-state index in [0.29, 0.717) is 0 Å². The first kappa shape index (κ1) is 17.3. The van der Waals surface area contributed by atoms with Crippen molar-refractivity contribution in [1.29, 1.82) is 0 Å². The van der Waals surface area contributed by atoms with E-state index in [9.17, 15) is 0 Å². The van der Waals surface area contributed by atoms with Gasteiger partial charge in [0.15, 0.2) is 6.10 Å². The molecule has 2 atom stereocenters. The van der Waals surface area contributed by atoms with Crippen LogP contribution in [0.3, 0.4) is 0 Å². The first-order chi connectivity index (χ1) is 12.9. The van der Waals surface area contributed by atoms with Crippen molar-refractivity contribution in [2.45, 2.75) is 12.2 Å². The zero-order valence-electron chi connectivity index (χ0n) is 15.1. The Morgan fingerprint density at radius 2 is 1.69 bits per heavy atom. The number of benzene rings is 2. The van der Waals surface area contributed by atoms with E-state index in [1.54, 1.807) is 0 Å². The highest BCUT2D eigenvalue weighted by atomic mass is 16.5. The molecule has 0 saturated carbocycles. The molecule has 0 radical (unpaired) electrons. The van der Waals surface area contributed by atoms with Crippen LogP contribution in [0.25, 0.3) is 0 Å². The van der Waals surface area contributed by atoms with Crippen LogP contribution >= 0.6 is 0 Å². The number of hydrogen-bond acceptors (Lipinski definition) is 5. The molecule has 0 aromatic heterocycles. The normalized spacial score (nSPS) is 22.0. The lowest BCUT2D eigenvalue weighted by Gasteiger charge is -2.34. The quantitative estimate of drug-likeness (QED) is 0.863. The van der Waals surface area contributed by atoms with Gasteiger partial charge in [0.05, 0.1) is 12.3 Å². The van der Waals surface area contributed by atoms with Gasteiger partial charge in [0.25, 0.3) is 0 Å². The first-order valence-electron chi connectivity index (χ1n) is 9.50. The third-order valence-electron chi connectivity index (χ3n) is 5.00. The summed E-state index contributed by atoms with van der Waals surface area (Å²) >= 11 is 0. The fourth-order valence-corrected chi connectivity index (χ4v) is 3.64. The van der Waals surface area contributed by atoms with Crippen LogP contribution in [0.1, 0.15) is 11.7 Å². The molecular formula is C21H27N3O2. The highest BCUT2D eigenvalue weighted by Gasteiger charge is 2.29. The fourth-order valence-electron chi connectivity index (χ4n) is 3.64. The Bertz CT molecular complexity index is 683. The molecule has 2 aliphatic heterocycles. The van der Waals surface area contributed by atoms with E-state index in [1.807, 2.05) is 12.1 Å². The maximum absolute atomic E-state index is 6.60. The summed E-state index contributed by atoms with van der Waals surface area (Å²) in [4.78, 5) is 2.40. The number of para-hydroxylation sites is 2. The summed E-state index contributed by atoms with van der Waals surface area (Å²) in [6, 6.07) is 18.8. The van der Waals surface area contributed by atoms with Gasteiger partial charge in [-0.15, -0.1) is 0 Å². The monoisotopic (exact) mass is 353 g/mol. The Balaban J connectivity index is 1.61. The molecule has 2 aliphatic rings. The third kappa shape index (κ3) is 4.01. The van der Waals surface area contributed by atoms with Crippen LogP contribution in [-0.4, -0.2) is 52.0 Å². The molecule has 0 spiro atoms. The zero-order valence-corrected chi connectivity index (χ0v) is 15.1. The third-order valence-corrected chi connectivity index (χ3v) is 5.00. The molecule has 0 bridgehead atoms. The van der Waals surface area contributed by atoms with E-state index in [4.69, 9.17) is 9.47 Å². The molecular weight excluding hydrogens is 326 g/mol. The van der Waals surface area contributed by atoms with E-state index in [-0.39, 0.29) is 12.2 Å². The Morgan fingerprint density at radius 3 is 2.46 bits per heavy atom. The smallest absolute Gasteiger partial charge is 0.151 e. The van der Waals surface area contributed by atoms with Gasteiger partial charge in [0.1, 0.15) is 11.9 Å². The molecule has 2 aromatic carbocycles. The summed E-state index contributed by atoms with van der Waals surface area (Å²) < 4.78 is 12.6. The predicted molar refractivity (Wildman–Crippen MR) is 104 cm³/mol. The summed E-state index contributed by atoms with van der Waals surface area (Å²) in [7, 11) is 0. The van der Waals surface area contributed by atoms with Crippen molar-refractivity contribution in [2.75, 3.05) is 50.8 Å². The minimum absolute atomic E-state index is 0.00206. The molecule has 2 aromatic rings. The van der Waals surface area contributed by atoms with Crippen LogP contribution in [0.5, 0.6) is 5.75 Å². The fraction of sp³-hybridized carbons (Fsp3) is 0.429. The number of ether oxygens (including phenoxy) is 2. The number of rotatable bonds is 5. The Morgan fingerprint density at radius 1 is 0.923 bits per heavy atom. The van der Waals surface area contributed by atoms with Gasteiger partial charge in [-0.2, -0.15) is 0 Å². The van der Waals surface area contributed by atoms with Gasteiger partial charge in [-0.1, -0.05) is 42.5 Å². The summed E-state index contributed by atoms with van der Waals surface area (Å²) in [5.74, 6) is 0.928. The first-order valence-corrected chi connectivity index (χ1v) is 9.50. The molecule has 2 fully saturated rings. The molecule has 138 valence electrons. The highest BCUT2D eigenvalue weighted by molar-refractivity contribution is 5.59. The number of anilines is 1. The van der Waals surface area contributed by atoms with Crippen molar-refractivity contribution in [3.05, 3.63) is 60.2 Å². The van der Waals surface area contributed by atoms with Crippen LogP contribution in [0.4, 0.5) is 5.69 Å². The average molecular weight is 353 g/mol. The molecule has 2 unspecified atom stereocenters. The number of nitrogens with zero attached hydrogens (tertiary/aromatic N) is 1. The van der Waals surface area contributed by atoms with Crippen LogP contribution in [0, 0.1) is 0 Å². The lowest BCUT2D eigenvalue weighted by atomic mass is 10.0. The molecule has 4 rings (SSSR count). The van der Waals surface area contributed by atoms with E-state index in [1.165, 1.54) is 5.69 Å². The van der Waals surface area contributed by atoms with Crippen LogP contribution in [0.2, 0.25) is 0 Å². The predicted octanol–water partition coefficient (Wildman–Crippen LogP) is 2.20. The Labute approximate surface area is 155 Å². The van der Waals surface area contributed by atoms with E-state index >= 15 is 0 Å². The molecule has 2 heterocycles. The van der Waals surface area contributed by atoms with Crippen LogP contribution in [-0.2, 0) is 4.74 Å². The summed E-state index contributed by atoms with van der Waals surface area (Å²) in [5.41, 5.74) is 2.31. The van der Waals surface area contributed by atoms with Crippen molar-refractivity contribution in [2.24, 2.45) is 0 Å². The molecule has 26 heavy (non-hydrogen) atoms. The second-order valence-electron chi connectivity index (χ2n) is 6.77. The molecule has 2 N–H and O–H groups in total. The number of hydrogen-bond donors (Lipinski definition) is 2. The lowest BCUT2D eigenvalue weighted by Crippen LogP contribution is -2.44. The summed E-state index contributed by atoms with van der Waals surface area (Å²) in [6.07, 6.45) is -0.129. The second-order valence-corrected chi connectivity index (χ2v) is 6.77. The van der Waals surface area contributed by atoms with Gasteiger partial charge in [-0.3, -0.25) is 0 Å². The van der Waals surface area contributed by atoms with E-state index < -0.39 is 0 Å². The van der Waals surface area contributed by atoms with Crippen molar-refractivity contribution < 1.29 is 9.47 Å². The molecule has 2 saturated heterocycles. The molecule has 0 aliphatic carbocycles. The maximum Gasteiger partial charge on any atom is 0.151 e. The van der Waals surface area contributed by atoms with Gasteiger partial charge in [0, 0.05) is 39.3 Å². The Hall–Kier alpha value is -2.08. The van der Waals surface area contributed by atoms with Crippen molar-refractivity contribution in [3.8, 4) is 5.75 Å². The van der Waals surface area contributed by atoms with E-state index in [2.05, 4.69) is 58.0 Å². The lowest BCUT2D eigenvalue weighted by molar-refractivity contribution is -0.0431. The number of piperazine rings is 1. The topological polar surface area (TPSA) is 45.8 Å². The summed E-state index contributed by atoms with van der Waals surface area (Å²) in [5, 5.41) is 6.84. The van der Waals surface area contributed by atoms with Gasteiger partial charge >= 0.3 is 0 Å². The van der Waals surface area contributed by atoms with E-state index in [0.717, 1.165) is 57.2 Å². The summed E-state index contributed by atoms with van der Waals surface area (Å²) in [6.45, 7) is 6.43. The van der Waals surface area contributed by atoms with Gasteiger partial charge in [-0.25, -0.2) is 0 Å². The Kier molecular flexibility index (Phi) is 5.69. The highest BCUT2D eigenvalue weighted by Crippen LogP contribution is 2.34. The largest absolute Gasteiger partial charge is 0.481 e. The van der Waals surface area contributed by atoms with Crippen LogP contribution in [0.15, 0.2) is 54.6 Å². The minimum Gasteiger partial charge on any atom is -0.481 e. The van der Waals surface area contributed by atoms with Gasteiger partial charge in [0.2, 0.25) is 0 Å².